The van der Waals surface area contributed by atoms with Crippen molar-refractivity contribution in [2.45, 2.75) is 40.2 Å². The minimum absolute atomic E-state index is 0.321. The summed E-state index contributed by atoms with van der Waals surface area (Å²) in [7, 11) is 0. The van der Waals surface area contributed by atoms with Gasteiger partial charge in [0.2, 0.25) is 0 Å². The zero-order valence-corrected chi connectivity index (χ0v) is 12.5. The zero-order valence-electron chi connectivity index (χ0n) is 11.7. The second-order valence-corrected chi connectivity index (χ2v) is 6.47. The fourth-order valence-electron chi connectivity index (χ4n) is 2.16. The van der Waals surface area contributed by atoms with Crippen LogP contribution in [0.3, 0.4) is 0 Å². The van der Waals surface area contributed by atoms with E-state index in [9.17, 15) is 0 Å². The van der Waals surface area contributed by atoms with Crippen molar-refractivity contribution in [3.63, 3.8) is 0 Å². The highest BCUT2D eigenvalue weighted by Crippen LogP contribution is 2.34. The Hall–Kier alpha value is -1.19. The van der Waals surface area contributed by atoms with E-state index in [-0.39, 0.29) is 5.54 Å². The number of hydrogen-bond acceptors (Lipinski definition) is 3. The van der Waals surface area contributed by atoms with E-state index in [1.54, 1.807) is 11.3 Å². The Morgan fingerprint density at radius 2 is 1.83 bits per heavy atom. The second kappa shape index (κ2) is 4.48. The van der Waals surface area contributed by atoms with E-state index in [1.807, 2.05) is 20.8 Å². The van der Waals surface area contributed by atoms with Gasteiger partial charge in [-0.15, -0.1) is 11.3 Å². The van der Waals surface area contributed by atoms with Crippen LogP contribution in [0.5, 0.6) is 0 Å². The largest absolute Gasteiger partial charge is 0.321 e. The van der Waals surface area contributed by atoms with E-state index in [0.717, 1.165) is 15.6 Å². The quantitative estimate of drug-likeness (QED) is 0.888. The molecule has 0 atom stereocenters. The topological polar surface area (TPSA) is 38.9 Å². The Morgan fingerprint density at radius 1 is 1.17 bits per heavy atom. The molecular formula is C15H20N2S. The molecule has 0 aliphatic rings. The van der Waals surface area contributed by atoms with Crippen LogP contribution in [0, 0.1) is 20.8 Å². The van der Waals surface area contributed by atoms with Crippen molar-refractivity contribution in [1.29, 1.82) is 0 Å². The molecule has 1 heterocycles. The summed E-state index contributed by atoms with van der Waals surface area (Å²) >= 11 is 1.70. The Bertz CT molecular complexity index is 577. The summed E-state index contributed by atoms with van der Waals surface area (Å²) in [6, 6.07) is 6.47. The molecule has 3 heteroatoms. The first-order valence-corrected chi connectivity index (χ1v) is 6.95. The first kappa shape index (κ1) is 13.2. The van der Waals surface area contributed by atoms with E-state index < -0.39 is 0 Å². The monoisotopic (exact) mass is 260 g/mol. The fraction of sp³-hybridized carbons (Fsp3) is 0.400. The minimum Gasteiger partial charge on any atom is -0.321 e. The fourth-order valence-corrected chi connectivity index (χ4v) is 3.33. The molecule has 0 radical (unpaired) electrons. The molecule has 0 bridgehead atoms. The molecule has 0 saturated heterocycles. The SMILES string of the molecule is Cc1ccc(-c2nc(C)c(C(C)(C)N)s2)c(C)c1. The molecule has 0 aliphatic heterocycles. The molecule has 2 aromatic rings. The molecule has 0 spiro atoms. The number of benzene rings is 1. The van der Waals surface area contributed by atoms with Gasteiger partial charge in [-0.3, -0.25) is 0 Å². The third-order valence-corrected chi connectivity index (χ3v) is 4.52. The lowest BCUT2D eigenvalue weighted by molar-refractivity contribution is 0.562. The van der Waals surface area contributed by atoms with Gasteiger partial charge >= 0.3 is 0 Å². The normalized spacial score (nSPS) is 11.9. The van der Waals surface area contributed by atoms with Gasteiger partial charge in [-0.1, -0.05) is 23.8 Å². The average molecular weight is 260 g/mol. The molecule has 2 rings (SSSR count). The number of aryl methyl sites for hydroxylation is 3. The summed E-state index contributed by atoms with van der Waals surface area (Å²) in [5.74, 6) is 0. The number of nitrogens with two attached hydrogens (primary N) is 1. The second-order valence-electron chi connectivity index (χ2n) is 5.47. The Balaban J connectivity index is 2.53. The molecule has 1 aromatic carbocycles. The van der Waals surface area contributed by atoms with Gasteiger partial charge in [-0.05, 0) is 40.2 Å². The zero-order chi connectivity index (χ0) is 13.5. The number of aromatic nitrogens is 1. The lowest BCUT2D eigenvalue weighted by atomic mass is 10.0. The number of rotatable bonds is 2. The van der Waals surface area contributed by atoms with Crippen LogP contribution in [0.2, 0.25) is 0 Å². The first-order chi connectivity index (χ1) is 8.29. The van der Waals surface area contributed by atoms with Crippen LogP contribution in [-0.2, 0) is 5.54 Å². The minimum atomic E-state index is -0.321. The summed E-state index contributed by atoms with van der Waals surface area (Å²) in [6.07, 6.45) is 0. The number of thiazole rings is 1. The summed E-state index contributed by atoms with van der Waals surface area (Å²) in [4.78, 5) is 5.84. The molecule has 0 saturated carbocycles. The molecule has 0 aliphatic carbocycles. The Labute approximate surface area is 113 Å². The van der Waals surface area contributed by atoms with Gasteiger partial charge in [-0.2, -0.15) is 0 Å². The van der Waals surface area contributed by atoms with Crippen molar-refractivity contribution in [2.24, 2.45) is 5.73 Å². The van der Waals surface area contributed by atoms with Crippen LogP contribution in [0.25, 0.3) is 10.6 Å². The Morgan fingerprint density at radius 3 is 2.33 bits per heavy atom. The highest BCUT2D eigenvalue weighted by Gasteiger charge is 2.22. The van der Waals surface area contributed by atoms with Gasteiger partial charge in [0.05, 0.1) is 5.69 Å². The number of hydrogen-bond donors (Lipinski definition) is 1. The smallest absolute Gasteiger partial charge is 0.124 e. The number of nitrogens with zero attached hydrogens (tertiary/aromatic N) is 1. The molecule has 18 heavy (non-hydrogen) atoms. The van der Waals surface area contributed by atoms with Crippen LogP contribution < -0.4 is 5.73 Å². The summed E-state index contributed by atoms with van der Waals surface area (Å²) in [5, 5.41) is 1.07. The molecular weight excluding hydrogens is 240 g/mol. The molecule has 2 N–H and O–H groups in total. The molecule has 0 amide bonds. The van der Waals surface area contributed by atoms with E-state index in [0.29, 0.717) is 0 Å². The van der Waals surface area contributed by atoms with Crippen LogP contribution in [0.4, 0.5) is 0 Å². The van der Waals surface area contributed by atoms with Crippen molar-refractivity contribution in [3.8, 4) is 10.6 Å². The van der Waals surface area contributed by atoms with Crippen LogP contribution in [-0.4, -0.2) is 4.98 Å². The summed E-state index contributed by atoms with van der Waals surface area (Å²) < 4.78 is 0. The lowest BCUT2D eigenvalue weighted by Gasteiger charge is -2.16. The van der Waals surface area contributed by atoms with E-state index in [4.69, 9.17) is 5.73 Å². The highest BCUT2D eigenvalue weighted by molar-refractivity contribution is 7.15. The summed E-state index contributed by atoms with van der Waals surface area (Å²) in [5.41, 5.74) is 10.7. The van der Waals surface area contributed by atoms with Gasteiger partial charge in [0.1, 0.15) is 5.01 Å². The standard InChI is InChI=1S/C15H20N2S/c1-9-6-7-12(10(2)8-9)14-17-11(3)13(18-14)15(4,5)16/h6-8H,16H2,1-5H3. The molecule has 2 nitrogen and oxygen atoms in total. The van der Waals surface area contributed by atoms with Crippen molar-refractivity contribution in [3.05, 3.63) is 39.9 Å². The van der Waals surface area contributed by atoms with Crippen molar-refractivity contribution >= 4 is 11.3 Å². The van der Waals surface area contributed by atoms with Crippen LogP contribution in [0.15, 0.2) is 18.2 Å². The van der Waals surface area contributed by atoms with Gasteiger partial charge < -0.3 is 5.73 Å². The third-order valence-electron chi connectivity index (χ3n) is 2.99. The van der Waals surface area contributed by atoms with E-state index >= 15 is 0 Å². The third kappa shape index (κ3) is 2.47. The molecule has 1 aromatic heterocycles. The Kier molecular flexibility index (Phi) is 3.30. The van der Waals surface area contributed by atoms with Crippen molar-refractivity contribution < 1.29 is 0 Å². The lowest BCUT2D eigenvalue weighted by Crippen LogP contribution is -2.28. The average Bonchev–Trinajstić information content (AvgIpc) is 2.59. The van der Waals surface area contributed by atoms with Crippen LogP contribution in [0.1, 0.15) is 35.5 Å². The molecule has 0 fully saturated rings. The maximum atomic E-state index is 6.18. The predicted octanol–water partition coefficient (Wildman–Crippen LogP) is 3.93. The summed E-state index contributed by atoms with van der Waals surface area (Å²) in [6.45, 7) is 10.3. The first-order valence-electron chi connectivity index (χ1n) is 6.13. The van der Waals surface area contributed by atoms with Gasteiger partial charge in [0.15, 0.2) is 0 Å². The molecule has 0 unspecified atom stereocenters. The predicted molar refractivity (Wildman–Crippen MR) is 79.0 cm³/mol. The maximum absolute atomic E-state index is 6.18. The van der Waals surface area contributed by atoms with Crippen molar-refractivity contribution in [1.82, 2.24) is 4.98 Å². The highest BCUT2D eigenvalue weighted by atomic mass is 32.1. The van der Waals surface area contributed by atoms with Gasteiger partial charge in [-0.25, -0.2) is 4.98 Å². The molecule has 96 valence electrons. The maximum Gasteiger partial charge on any atom is 0.124 e. The van der Waals surface area contributed by atoms with Gasteiger partial charge in [0, 0.05) is 16.0 Å². The van der Waals surface area contributed by atoms with E-state index in [1.165, 1.54) is 16.7 Å². The van der Waals surface area contributed by atoms with Crippen molar-refractivity contribution in [2.75, 3.05) is 0 Å². The van der Waals surface area contributed by atoms with E-state index in [2.05, 4.69) is 37.0 Å². The van der Waals surface area contributed by atoms with Crippen LogP contribution >= 0.6 is 11.3 Å². The van der Waals surface area contributed by atoms with Gasteiger partial charge in [0.25, 0.3) is 0 Å².